The Labute approximate surface area is 214 Å². The van der Waals surface area contributed by atoms with Gasteiger partial charge in [-0.3, -0.25) is 15.0 Å². The number of piperidine rings is 1. The minimum atomic E-state index is -0.489. The number of benzene rings is 2. The third-order valence-electron chi connectivity index (χ3n) is 6.19. The number of aryl methyl sites for hydroxylation is 1. The molecular formula is C27H27N5O3S. The van der Waals surface area contributed by atoms with E-state index in [1.54, 1.807) is 6.08 Å². The molecule has 2 aromatic rings. The van der Waals surface area contributed by atoms with E-state index in [9.17, 15) is 9.59 Å². The van der Waals surface area contributed by atoms with Gasteiger partial charge in [0.1, 0.15) is 17.4 Å². The lowest BCUT2D eigenvalue weighted by Gasteiger charge is -2.26. The number of hydrogen-bond donors (Lipinski definition) is 1. The summed E-state index contributed by atoms with van der Waals surface area (Å²) in [6.45, 7) is 4.07. The largest absolute Gasteiger partial charge is 0.489 e. The van der Waals surface area contributed by atoms with Crippen LogP contribution in [-0.4, -0.2) is 50.9 Å². The van der Waals surface area contributed by atoms with Crippen molar-refractivity contribution in [3.05, 3.63) is 70.8 Å². The lowest BCUT2D eigenvalue weighted by atomic mass is 10.1. The van der Waals surface area contributed by atoms with Crippen LogP contribution in [0.4, 0.5) is 0 Å². The molecule has 2 aromatic carbocycles. The topological polar surface area (TPSA) is 98.4 Å². The van der Waals surface area contributed by atoms with E-state index < -0.39 is 5.91 Å². The maximum Gasteiger partial charge on any atom is 0.283 e. The van der Waals surface area contributed by atoms with E-state index in [1.165, 1.54) is 22.3 Å². The molecule has 0 atom stereocenters. The molecule has 1 saturated heterocycles. The lowest BCUT2D eigenvalue weighted by molar-refractivity contribution is -0.130. The number of hydrogen-bond acceptors (Lipinski definition) is 6. The van der Waals surface area contributed by atoms with E-state index in [1.807, 2.05) is 54.3 Å². The van der Waals surface area contributed by atoms with Crippen LogP contribution >= 0.6 is 11.8 Å². The van der Waals surface area contributed by atoms with E-state index in [2.05, 4.69) is 16.2 Å². The third-order valence-corrected chi connectivity index (χ3v) is 7.10. The van der Waals surface area contributed by atoms with Crippen LogP contribution in [0.5, 0.6) is 5.75 Å². The Morgan fingerprint density at radius 3 is 2.67 bits per heavy atom. The molecule has 0 saturated carbocycles. The van der Waals surface area contributed by atoms with Gasteiger partial charge in [0.15, 0.2) is 5.84 Å². The van der Waals surface area contributed by atoms with Crippen LogP contribution in [-0.2, 0) is 16.2 Å². The average molecular weight is 502 g/mol. The molecule has 184 valence electrons. The van der Waals surface area contributed by atoms with E-state index in [-0.39, 0.29) is 23.7 Å². The Bertz CT molecular complexity index is 1290. The molecule has 5 rings (SSSR count). The molecule has 9 heteroatoms. The van der Waals surface area contributed by atoms with Crippen molar-refractivity contribution in [2.75, 3.05) is 13.1 Å². The van der Waals surface area contributed by atoms with Gasteiger partial charge in [0.25, 0.3) is 5.91 Å². The summed E-state index contributed by atoms with van der Waals surface area (Å²) in [5.74, 6) is 0.210. The van der Waals surface area contributed by atoms with Gasteiger partial charge < -0.3 is 9.64 Å². The Morgan fingerprint density at radius 1 is 1.14 bits per heavy atom. The normalized spacial score (nSPS) is 18.8. The zero-order valence-electron chi connectivity index (χ0n) is 20.1. The van der Waals surface area contributed by atoms with Gasteiger partial charge in [-0.25, -0.2) is 0 Å². The minimum Gasteiger partial charge on any atom is -0.489 e. The maximum atomic E-state index is 12.7. The zero-order chi connectivity index (χ0) is 25.1. The average Bonchev–Trinajstić information content (AvgIpc) is 3.29. The van der Waals surface area contributed by atoms with Crippen LogP contribution in [0.2, 0.25) is 0 Å². The molecule has 3 heterocycles. The van der Waals surface area contributed by atoms with Crippen LogP contribution in [0.15, 0.2) is 64.2 Å². The second-order valence-corrected chi connectivity index (χ2v) is 10.0. The zero-order valence-corrected chi connectivity index (χ0v) is 20.9. The summed E-state index contributed by atoms with van der Waals surface area (Å²) in [5.41, 5.74) is 3.18. The number of fused-ring (bicyclic) bond motifs is 1. The standard InChI is InChI=1S/C27H27N5O3S/c1-18-6-5-7-20(14-18)17-35-21-10-8-19(9-11-21)15-22-25(28)32-27(29-26(22)34)36-23(30-32)16-24(33)31-12-3-2-4-13-31/h5-11,14-15,28H,2-4,12-13,16-17H2,1H3. The third kappa shape index (κ3) is 5.41. The monoisotopic (exact) mass is 501 g/mol. The van der Waals surface area contributed by atoms with Crippen molar-refractivity contribution in [2.45, 2.75) is 39.2 Å². The molecule has 8 nitrogen and oxygen atoms in total. The van der Waals surface area contributed by atoms with Crippen molar-refractivity contribution < 1.29 is 14.3 Å². The summed E-state index contributed by atoms with van der Waals surface area (Å²) in [6.07, 6.45) is 4.99. The molecule has 1 fully saturated rings. The Hall–Kier alpha value is -3.72. The highest BCUT2D eigenvalue weighted by atomic mass is 32.2. The van der Waals surface area contributed by atoms with Gasteiger partial charge in [-0.05, 0) is 67.3 Å². The highest BCUT2D eigenvalue weighted by Crippen LogP contribution is 2.30. The number of ether oxygens (including phenoxy) is 1. The maximum absolute atomic E-state index is 12.7. The van der Waals surface area contributed by atoms with Gasteiger partial charge in [-0.15, -0.1) is 0 Å². The summed E-state index contributed by atoms with van der Waals surface area (Å²) < 4.78 is 5.87. The van der Waals surface area contributed by atoms with Crippen LogP contribution < -0.4 is 4.74 Å². The number of hydrazone groups is 1. The summed E-state index contributed by atoms with van der Waals surface area (Å²) in [4.78, 5) is 31.3. The second-order valence-electron chi connectivity index (χ2n) is 8.98. The first-order chi connectivity index (χ1) is 17.5. The molecule has 2 amide bonds. The van der Waals surface area contributed by atoms with Crippen molar-refractivity contribution in [1.82, 2.24) is 9.91 Å². The van der Waals surface area contributed by atoms with Gasteiger partial charge in [0.05, 0.1) is 12.0 Å². The number of carbonyl (C=O) groups excluding carboxylic acids is 2. The first-order valence-corrected chi connectivity index (χ1v) is 12.8. The van der Waals surface area contributed by atoms with E-state index in [4.69, 9.17) is 10.1 Å². The molecule has 1 N–H and O–H groups in total. The smallest absolute Gasteiger partial charge is 0.283 e. The van der Waals surface area contributed by atoms with Crippen molar-refractivity contribution in [2.24, 2.45) is 10.1 Å². The van der Waals surface area contributed by atoms with E-state index in [0.717, 1.165) is 43.5 Å². The Balaban J connectivity index is 1.24. The van der Waals surface area contributed by atoms with Crippen LogP contribution in [0.25, 0.3) is 6.08 Å². The highest BCUT2D eigenvalue weighted by molar-refractivity contribution is 8.27. The molecule has 36 heavy (non-hydrogen) atoms. The first-order valence-electron chi connectivity index (χ1n) is 12.0. The highest BCUT2D eigenvalue weighted by Gasteiger charge is 2.36. The Morgan fingerprint density at radius 2 is 1.92 bits per heavy atom. The van der Waals surface area contributed by atoms with Crippen LogP contribution in [0.1, 0.15) is 42.4 Å². The predicted octanol–water partition coefficient (Wildman–Crippen LogP) is 4.60. The van der Waals surface area contributed by atoms with Gasteiger partial charge in [0, 0.05) is 13.1 Å². The fourth-order valence-electron chi connectivity index (χ4n) is 4.28. The van der Waals surface area contributed by atoms with Crippen molar-refractivity contribution >= 4 is 45.7 Å². The fourth-order valence-corrected chi connectivity index (χ4v) is 5.16. The van der Waals surface area contributed by atoms with Crippen molar-refractivity contribution in [3.63, 3.8) is 0 Å². The summed E-state index contributed by atoms with van der Waals surface area (Å²) in [6, 6.07) is 15.5. The van der Waals surface area contributed by atoms with Gasteiger partial charge in [-0.1, -0.05) is 42.0 Å². The summed E-state index contributed by atoms with van der Waals surface area (Å²) in [5, 5.41) is 15.2. The van der Waals surface area contributed by atoms with E-state index >= 15 is 0 Å². The quantitative estimate of drug-likeness (QED) is 0.584. The summed E-state index contributed by atoms with van der Waals surface area (Å²) >= 11 is 1.18. The van der Waals surface area contributed by atoms with Gasteiger partial charge in [-0.2, -0.15) is 15.1 Å². The number of amides is 2. The second kappa shape index (κ2) is 10.5. The fraction of sp³-hybridized carbons (Fsp3) is 0.296. The van der Waals surface area contributed by atoms with Gasteiger partial charge in [0.2, 0.25) is 11.1 Å². The predicted molar refractivity (Wildman–Crippen MR) is 142 cm³/mol. The number of nitrogens with zero attached hydrogens (tertiary/aromatic N) is 4. The molecule has 3 aliphatic rings. The number of carbonyl (C=O) groups is 2. The minimum absolute atomic E-state index is 0.0275. The number of thioether (sulfide) groups is 1. The lowest BCUT2D eigenvalue weighted by Crippen LogP contribution is -2.36. The molecule has 0 aromatic heterocycles. The Kier molecular flexibility index (Phi) is 6.99. The molecule has 0 bridgehead atoms. The van der Waals surface area contributed by atoms with Crippen LogP contribution in [0.3, 0.4) is 0 Å². The van der Waals surface area contributed by atoms with Gasteiger partial charge >= 0.3 is 0 Å². The van der Waals surface area contributed by atoms with Crippen LogP contribution in [0, 0.1) is 12.3 Å². The van der Waals surface area contributed by atoms with Crippen molar-refractivity contribution in [1.29, 1.82) is 5.41 Å². The number of likely N-dealkylation sites (tertiary alicyclic amines) is 1. The number of aliphatic imine (C=N–C) groups is 1. The van der Waals surface area contributed by atoms with E-state index in [0.29, 0.717) is 22.6 Å². The molecular weight excluding hydrogens is 474 g/mol. The SMILES string of the molecule is Cc1cccc(COc2ccc(C=C3C(=N)N4N=C(CC(=O)N5CCCCC5)SC4=NC3=O)cc2)c1. The number of rotatable bonds is 6. The molecule has 0 spiro atoms. The summed E-state index contributed by atoms with van der Waals surface area (Å²) in [7, 11) is 0. The first kappa shape index (κ1) is 24.0. The molecule has 0 radical (unpaired) electrons. The number of amidine groups is 2. The molecule has 0 unspecified atom stereocenters. The molecule has 0 aliphatic carbocycles. The number of nitrogens with one attached hydrogen (secondary N) is 1. The van der Waals surface area contributed by atoms with Crippen molar-refractivity contribution in [3.8, 4) is 5.75 Å². The molecule has 3 aliphatic heterocycles.